The molecule has 0 aromatic carbocycles. The molecular weight excluding hydrogens is 1190 g/mol. The van der Waals surface area contributed by atoms with Crippen LogP contribution in [-0.2, 0) is 95.1 Å². The minimum atomic E-state index is -2.71. The van der Waals surface area contributed by atoms with Gasteiger partial charge >= 0.3 is 41.8 Å². The third-order valence-corrected chi connectivity index (χ3v) is 14.3. The third-order valence-electron chi connectivity index (χ3n) is 14.3. The molecule has 0 aromatic heterocycles. The maximum atomic E-state index is 12.6. The van der Waals surface area contributed by atoms with Crippen LogP contribution in [0, 0.1) is 0 Å². The van der Waals surface area contributed by atoms with E-state index in [1.165, 1.54) is 0 Å². The van der Waals surface area contributed by atoms with Gasteiger partial charge in [-0.25, -0.2) is 33.6 Å². The molecule has 484 valence electrons. The summed E-state index contributed by atoms with van der Waals surface area (Å²) in [6.07, 6.45) is -88.0. The van der Waals surface area contributed by atoms with Gasteiger partial charge < -0.3 is 179 Å². The molecule has 0 radical (unpaired) electrons. The van der Waals surface area contributed by atoms with Gasteiger partial charge in [0.25, 0.3) is 0 Å². The lowest BCUT2D eigenvalue weighted by molar-refractivity contribution is -0.388. The van der Waals surface area contributed by atoms with Gasteiger partial charge in [-0.05, 0) is 0 Å². The summed E-state index contributed by atoms with van der Waals surface area (Å²) >= 11 is 0. The van der Waals surface area contributed by atoms with Crippen LogP contribution in [0.2, 0.25) is 0 Å². The molecule has 0 amide bonds. The number of carboxylic acid groups (broad SMARTS) is 7. The highest BCUT2D eigenvalue weighted by Gasteiger charge is 2.62. The maximum absolute atomic E-state index is 12.6. The molecule has 0 bridgehead atoms. The molecule has 23 N–H and O–H groups in total. The summed E-state index contributed by atoms with van der Waals surface area (Å²) in [7, 11) is 0. The Labute approximate surface area is 469 Å². The Hall–Kier alpha value is -4.87. The Balaban J connectivity index is 1.01. The molecule has 7 rings (SSSR count). The monoisotopic (exact) mass is 1250 g/mol. The van der Waals surface area contributed by atoms with E-state index in [1.54, 1.807) is 0 Å². The minimum Gasteiger partial charge on any atom is -0.479 e. The van der Waals surface area contributed by atoms with Gasteiger partial charge in [0.2, 0.25) is 0 Å². The van der Waals surface area contributed by atoms with E-state index in [4.69, 9.17) is 56.8 Å². The number of ether oxygens (including phenoxy) is 13. The molecule has 0 aliphatic carbocycles. The number of carboxylic acids is 7. The minimum absolute atomic E-state index is 1.91. The number of aliphatic hydroxyl groups is 16. The van der Waals surface area contributed by atoms with Crippen LogP contribution in [0.4, 0.5) is 0 Å². The predicted molar refractivity (Wildman–Crippen MR) is 236 cm³/mol. The van der Waals surface area contributed by atoms with Crippen LogP contribution in [-0.4, -0.2) is 374 Å². The van der Waals surface area contributed by atoms with Crippen molar-refractivity contribution in [2.75, 3.05) is 0 Å². The molecule has 7 heterocycles. The van der Waals surface area contributed by atoms with Crippen molar-refractivity contribution in [1.82, 2.24) is 0 Å². The topological polar surface area (TPSA) is 705 Å². The summed E-state index contributed by atoms with van der Waals surface area (Å²) in [4.78, 5) is 85.8. The molecular formula is C42H58O43. The SMILES string of the molecule is O=C(O)[C@@H]1O[C@@H](O[C@H]2[C@H](O)[C@H](O)[C@H](O[C@H]3[C@H](O)[C@H](O)[C@H](O[C@H]4[C@H](O)[C@H](O)[C@H](O[C@H]5[C@H](O)[C@H](O)[C@H](O[C@H]6[C@H](O)[C@H](O)[C@H](O[C@H]7[C@H](O)[C@H](O)[C@H](O)O[C@H]7C(=O)O)O[C@H]6C(=O)O)O[C@H]5C(=O)O)O[C@H]4C(=O)O)O[C@H]3C(=O)O)O[C@H]2C(=O)O)[C@@H](O)[C@@H](O)[C@@H]1O. The Bertz CT molecular complexity index is 2400. The van der Waals surface area contributed by atoms with Gasteiger partial charge in [0, 0.05) is 0 Å². The second-order valence-corrected chi connectivity index (χ2v) is 19.8. The second-order valence-electron chi connectivity index (χ2n) is 19.8. The number of rotatable bonds is 19. The van der Waals surface area contributed by atoms with Crippen LogP contribution in [0.15, 0.2) is 0 Å². The molecule has 7 saturated heterocycles. The van der Waals surface area contributed by atoms with Gasteiger partial charge in [0.1, 0.15) is 128 Å². The number of aliphatic hydroxyl groups excluding tert-OH is 16. The van der Waals surface area contributed by atoms with E-state index in [1.807, 2.05) is 0 Å². The molecule has 35 atom stereocenters. The predicted octanol–water partition coefficient (Wildman–Crippen LogP) is -15.6. The van der Waals surface area contributed by atoms with Gasteiger partial charge in [-0.15, -0.1) is 0 Å². The Morgan fingerprint density at radius 2 is 0.365 bits per heavy atom. The molecule has 85 heavy (non-hydrogen) atoms. The summed E-state index contributed by atoms with van der Waals surface area (Å²) in [5, 5.41) is 241. The average Bonchev–Trinajstić information content (AvgIpc) is 3.42. The van der Waals surface area contributed by atoms with Crippen molar-refractivity contribution in [3.05, 3.63) is 0 Å². The quantitative estimate of drug-likeness (QED) is 0.0571. The van der Waals surface area contributed by atoms with Crippen molar-refractivity contribution >= 4 is 41.8 Å². The molecule has 0 aromatic rings. The highest BCUT2D eigenvalue weighted by atomic mass is 16.8. The highest BCUT2D eigenvalue weighted by Crippen LogP contribution is 2.38. The molecule has 7 aliphatic heterocycles. The van der Waals surface area contributed by atoms with E-state index in [0.717, 1.165) is 0 Å². The van der Waals surface area contributed by atoms with Crippen molar-refractivity contribution in [2.45, 2.75) is 215 Å². The lowest BCUT2D eigenvalue weighted by Gasteiger charge is -2.48. The van der Waals surface area contributed by atoms with Crippen molar-refractivity contribution in [1.29, 1.82) is 0 Å². The van der Waals surface area contributed by atoms with E-state index < -0.39 is 257 Å². The highest BCUT2D eigenvalue weighted by molar-refractivity contribution is 5.76. The smallest absolute Gasteiger partial charge is 0.335 e. The molecule has 0 spiro atoms. The van der Waals surface area contributed by atoms with Crippen molar-refractivity contribution in [3.63, 3.8) is 0 Å². The lowest BCUT2D eigenvalue weighted by Crippen LogP contribution is -2.69. The zero-order valence-corrected chi connectivity index (χ0v) is 42.2. The standard InChI is InChI=1S/C42H58O43/c43-1-2(44)22(29(58)59)80-37(10(1)52)75-17-4(46)12(54)39(82-24(17)31(62)63)77-19-6(48)14(56)41(84-26(19)33(66)67)79-21-8(50)15(57)42(85-28(21)35(70)71)78-20-7(49)13(55)40(83-27(20)34(68)69)76-18-5(47)11(53)38(81-25(18)32(64)65)74-16-3(45)9(51)36(72)73-23(16)30(60)61/h1-28,36-57,72H,(H,58,59)(H,60,61)(H,62,63)(H,64,65)(H,66,67)(H,68,69)(H,70,71)/t1-,2-,3+,4+,5+,6+,7+,8+,9-,10-,11-,12-,13-,14-,15-,16-,17-,18-,19-,20-,21-,22+,23+,24+,25+,26+,27+,28+,36+,37+,38+,39+,40+,41+,42+/m0/s1. The number of hydrogen-bond donors (Lipinski definition) is 23. The van der Waals surface area contributed by atoms with Crippen molar-refractivity contribution in [3.8, 4) is 0 Å². The first-order valence-corrected chi connectivity index (χ1v) is 24.6. The Kier molecular flexibility index (Phi) is 21.4. The number of aliphatic carboxylic acids is 7. The van der Waals surface area contributed by atoms with Crippen LogP contribution in [0.25, 0.3) is 0 Å². The summed E-state index contributed by atoms with van der Waals surface area (Å²) in [5.74, 6) is -14.5. The second kappa shape index (κ2) is 26.8. The van der Waals surface area contributed by atoms with Gasteiger partial charge in [-0.1, -0.05) is 0 Å². The molecule has 0 saturated carbocycles. The third kappa shape index (κ3) is 13.4. The molecule has 0 unspecified atom stereocenters. The number of hydrogen-bond acceptors (Lipinski definition) is 36. The fraction of sp³-hybridized carbons (Fsp3) is 0.833. The van der Waals surface area contributed by atoms with Gasteiger partial charge in [-0.3, -0.25) is 0 Å². The van der Waals surface area contributed by atoms with Crippen LogP contribution >= 0.6 is 0 Å². The lowest BCUT2D eigenvalue weighted by atomic mass is 9.94. The Morgan fingerprint density at radius 1 is 0.200 bits per heavy atom. The maximum Gasteiger partial charge on any atom is 0.335 e. The first-order valence-electron chi connectivity index (χ1n) is 24.6. The summed E-state index contributed by atoms with van der Waals surface area (Å²) < 4.78 is 67.1. The molecule has 7 fully saturated rings. The number of carbonyl (C=O) groups is 7. The molecule has 43 nitrogen and oxygen atoms in total. The van der Waals surface area contributed by atoms with E-state index in [-0.39, 0.29) is 0 Å². The average molecular weight is 1250 g/mol. The van der Waals surface area contributed by atoms with E-state index >= 15 is 0 Å². The van der Waals surface area contributed by atoms with E-state index in [9.17, 15) is 151 Å². The van der Waals surface area contributed by atoms with Crippen molar-refractivity contribution < 1.29 is 213 Å². The molecule has 43 heteroatoms. The van der Waals surface area contributed by atoms with E-state index in [0.29, 0.717) is 0 Å². The molecule has 7 aliphatic rings. The van der Waals surface area contributed by atoms with Crippen LogP contribution < -0.4 is 0 Å². The Morgan fingerprint density at radius 3 is 0.565 bits per heavy atom. The fourth-order valence-electron chi connectivity index (χ4n) is 9.79. The first kappa shape index (κ1) is 67.6. The normalized spacial score (nSPS) is 49.7. The summed E-state index contributed by atoms with van der Waals surface area (Å²) in [6.45, 7) is 0. The largest absolute Gasteiger partial charge is 0.479 e. The zero-order chi connectivity index (χ0) is 63.4. The summed E-state index contributed by atoms with van der Waals surface area (Å²) in [5.41, 5.74) is 0. The van der Waals surface area contributed by atoms with E-state index in [2.05, 4.69) is 4.74 Å². The van der Waals surface area contributed by atoms with Gasteiger partial charge in [0.15, 0.2) is 86.8 Å². The fourth-order valence-corrected chi connectivity index (χ4v) is 9.79. The van der Waals surface area contributed by atoms with Crippen molar-refractivity contribution in [2.24, 2.45) is 0 Å². The summed E-state index contributed by atoms with van der Waals surface area (Å²) in [6, 6.07) is 0. The van der Waals surface area contributed by atoms with Crippen LogP contribution in [0.5, 0.6) is 0 Å². The van der Waals surface area contributed by atoms with Crippen LogP contribution in [0.1, 0.15) is 0 Å². The van der Waals surface area contributed by atoms with Gasteiger partial charge in [-0.2, -0.15) is 0 Å². The van der Waals surface area contributed by atoms with Crippen LogP contribution in [0.3, 0.4) is 0 Å². The van der Waals surface area contributed by atoms with Gasteiger partial charge in [0.05, 0.1) is 0 Å². The zero-order valence-electron chi connectivity index (χ0n) is 42.2. The first-order chi connectivity index (χ1) is 39.6.